The zero-order chi connectivity index (χ0) is 41.8. The predicted octanol–water partition coefficient (Wildman–Crippen LogP) is 7.13. The molecule has 2 unspecified atom stereocenters. The number of benzene rings is 2. The van der Waals surface area contributed by atoms with Gasteiger partial charge in [0.25, 0.3) is 0 Å². The molecule has 14 heteroatoms. The van der Waals surface area contributed by atoms with Crippen LogP contribution in [-0.2, 0) is 28.5 Å². The monoisotopic (exact) mass is 835 g/mol. The number of thiazole rings is 1. The first-order valence-electron chi connectivity index (χ1n) is 21.6. The fourth-order valence-corrected chi connectivity index (χ4v) is 9.18. The van der Waals surface area contributed by atoms with E-state index in [0.717, 1.165) is 104 Å². The van der Waals surface area contributed by atoms with Gasteiger partial charge in [-0.2, -0.15) is 0 Å². The van der Waals surface area contributed by atoms with E-state index in [9.17, 15) is 14.4 Å². The number of amides is 3. The first kappa shape index (κ1) is 44.7. The first-order chi connectivity index (χ1) is 28.5. The average Bonchev–Trinajstić information content (AvgIpc) is 3.93. The van der Waals surface area contributed by atoms with E-state index in [4.69, 9.17) is 28.7 Å². The molecule has 0 bridgehead atoms. The number of nitrogens with one attached hydrogen (secondary N) is 2. The molecule has 324 valence electrons. The third kappa shape index (κ3) is 12.4. The summed E-state index contributed by atoms with van der Waals surface area (Å²) >= 11 is 1.57. The number of fused-ring (bicyclic) bond motifs is 1. The summed E-state index contributed by atoms with van der Waals surface area (Å²) in [7, 11) is 1.55. The molecule has 0 spiro atoms. The molecular weight excluding hydrogens is 771 g/mol. The molecule has 1 saturated carbocycles. The van der Waals surface area contributed by atoms with Gasteiger partial charge in [0.05, 0.1) is 50.9 Å². The summed E-state index contributed by atoms with van der Waals surface area (Å²) < 4.78 is 29.0. The maximum absolute atomic E-state index is 14.6. The molecular formula is C45H65N5O8S. The third-order valence-electron chi connectivity index (χ3n) is 11.6. The van der Waals surface area contributed by atoms with Crippen molar-refractivity contribution in [1.82, 2.24) is 25.4 Å². The van der Waals surface area contributed by atoms with E-state index >= 15 is 0 Å². The number of rotatable bonds is 18. The lowest BCUT2D eigenvalue weighted by Gasteiger charge is -2.36. The van der Waals surface area contributed by atoms with Crippen molar-refractivity contribution < 1.29 is 38.1 Å². The second-order valence-corrected chi connectivity index (χ2v) is 17.9. The molecule has 3 amide bonds. The van der Waals surface area contributed by atoms with Crippen molar-refractivity contribution in [3.8, 4) is 17.0 Å². The summed E-state index contributed by atoms with van der Waals surface area (Å²) in [6, 6.07) is 10.5. The third-order valence-corrected chi connectivity index (χ3v) is 12.5. The summed E-state index contributed by atoms with van der Waals surface area (Å²) in [5.74, 6) is 0.373. The van der Waals surface area contributed by atoms with Crippen LogP contribution in [0.3, 0.4) is 0 Å². The number of likely N-dealkylation sites (tertiary alicyclic amines) is 1. The molecule has 1 aromatic heterocycles. The Kier molecular flexibility index (Phi) is 16.4. The Labute approximate surface area is 353 Å². The Hall–Kier alpha value is -3.82. The highest BCUT2D eigenvalue weighted by molar-refractivity contribution is 7.10. The molecule has 3 atom stereocenters. The quantitative estimate of drug-likeness (QED) is 0.127. The van der Waals surface area contributed by atoms with E-state index in [1.165, 1.54) is 4.90 Å². The van der Waals surface area contributed by atoms with Crippen molar-refractivity contribution in [2.75, 3.05) is 66.3 Å². The Morgan fingerprint density at radius 3 is 2.32 bits per heavy atom. The van der Waals surface area contributed by atoms with Gasteiger partial charge in [0, 0.05) is 29.9 Å². The lowest BCUT2D eigenvalue weighted by molar-refractivity contribution is -0.140. The molecule has 2 N–H and O–H groups in total. The summed E-state index contributed by atoms with van der Waals surface area (Å²) in [6.45, 7) is 12.7. The van der Waals surface area contributed by atoms with Crippen molar-refractivity contribution in [2.45, 2.75) is 115 Å². The van der Waals surface area contributed by atoms with E-state index in [0.29, 0.717) is 52.3 Å². The van der Waals surface area contributed by atoms with Crippen LogP contribution in [0.2, 0.25) is 0 Å². The number of piperidine rings is 1. The second kappa shape index (κ2) is 21.6. The minimum atomic E-state index is -0.815. The van der Waals surface area contributed by atoms with Crippen LogP contribution < -0.4 is 15.4 Å². The van der Waals surface area contributed by atoms with E-state index in [1.807, 2.05) is 23.1 Å². The molecule has 3 fully saturated rings. The van der Waals surface area contributed by atoms with Crippen molar-refractivity contribution >= 4 is 40.0 Å². The Morgan fingerprint density at radius 1 is 0.898 bits per heavy atom. The van der Waals surface area contributed by atoms with Gasteiger partial charge in [-0.05, 0) is 103 Å². The fraction of sp³-hybridized carbons (Fsp3) is 0.644. The Morgan fingerprint density at radius 2 is 1.59 bits per heavy atom. The number of nitrogens with zero attached hydrogens (tertiary/aromatic N) is 3. The molecule has 0 radical (unpaired) electrons. The van der Waals surface area contributed by atoms with Crippen LogP contribution in [0, 0.1) is 5.92 Å². The fourth-order valence-electron chi connectivity index (χ4n) is 8.21. The van der Waals surface area contributed by atoms with Crippen LogP contribution in [0.4, 0.5) is 4.79 Å². The zero-order valence-electron chi connectivity index (χ0n) is 35.7. The smallest absolute Gasteiger partial charge is 0.410 e. The SMILES string of the molecule is CC(C(=O)NC(C(=O)N1CCC[C@H]1c1nc(-c2ccc(OCCOCCOCCOC3CCNCC3)c3ccccc23)cs1)C1CCCCC1)N(C)C(=O)OC(C)(C)C. The van der Waals surface area contributed by atoms with Crippen LogP contribution in [0.15, 0.2) is 41.8 Å². The minimum absolute atomic E-state index is 0.0272. The first-order valence-corrected chi connectivity index (χ1v) is 22.5. The normalized spacial score (nSPS) is 19.1. The summed E-state index contributed by atoms with van der Waals surface area (Å²) in [4.78, 5) is 49.4. The van der Waals surface area contributed by atoms with Crippen LogP contribution >= 0.6 is 11.3 Å². The van der Waals surface area contributed by atoms with Crippen LogP contribution in [0.25, 0.3) is 22.0 Å². The number of likely N-dealkylation sites (N-methyl/N-ethyl adjacent to an activating group) is 1. The molecule has 3 heterocycles. The number of hydrogen-bond donors (Lipinski definition) is 2. The van der Waals surface area contributed by atoms with Gasteiger partial charge in [0.1, 0.15) is 35.0 Å². The number of hydrogen-bond acceptors (Lipinski definition) is 11. The largest absolute Gasteiger partial charge is 0.491 e. The molecule has 6 rings (SSSR count). The van der Waals surface area contributed by atoms with Gasteiger partial charge in [-0.25, -0.2) is 9.78 Å². The van der Waals surface area contributed by atoms with Gasteiger partial charge < -0.3 is 39.2 Å². The van der Waals surface area contributed by atoms with Gasteiger partial charge in [0.2, 0.25) is 11.8 Å². The predicted molar refractivity (Wildman–Crippen MR) is 230 cm³/mol. The minimum Gasteiger partial charge on any atom is -0.491 e. The highest BCUT2D eigenvalue weighted by Gasteiger charge is 2.41. The van der Waals surface area contributed by atoms with Crippen LogP contribution in [0.1, 0.15) is 96.5 Å². The van der Waals surface area contributed by atoms with Gasteiger partial charge in [-0.3, -0.25) is 14.5 Å². The Balaban J connectivity index is 1.05. The van der Waals surface area contributed by atoms with Crippen LogP contribution in [0.5, 0.6) is 5.75 Å². The molecule has 2 aliphatic heterocycles. The van der Waals surface area contributed by atoms with E-state index < -0.39 is 23.8 Å². The van der Waals surface area contributed by atoms with E-state index in [2.05, 4.69) is 34.2 Å². The molecule has 59 heavy (non-hydrogen) atoms. The summed E-state index contributed by atoms with van der Waals surface area (Å²) in [6.07, 6.45) is 8.44. The van der Waals surface area contributed by atoms with Gasteiger partial charge in [-0.1, -0.05) is 43.5 Å². The maximum atomic E-state index is 14.6. The number of carbonyl (C=O) groups excluding carboxylic acids is 3. The average molecular weight is 836 g/mol. The van der Waals surface area contributed by atoms with Crippen molar-refractivity contribution in [3.05, 3.63) is 46.8 Å². The number of aromatic nitrogens is 1. The summed E-state index contributed by atoms with van der Waals surface area (Å²) in [5.41, 5.74) is 1.16. The lowest BCUT2D eigenvalue weighted by Crippen LogP contribution is -2.56. The molecule has 2 aromatic carbocycles. The van der Waals surface area contributed by atoms with Crippen molar-refractivity contribution in [1.29, 1.82) is 0 Å². The standard InChI is InChI=1S/C45H65N5O8S/c1-31(49(5)44(53)58-45(2,3)4)41(51)48-40(32-12-7-6-8-13-32)43(52)50-23-11-16-38(50)42-47-37(30-59-42)35-17-18-39(36-15-10-9-14-34(35)36)57-29-27-55-25-24-54-26-28-56-33-19-21-46-22-20-33/h9-10,14-15,17-18,30-33,38,40,46H,6-8,11-13,16,19-29H2,1-5H3,(H,48,51)/t31?,38-,40?/m0/s1. The molecule has 1 aliphatic carbocycles. The molecule has 3 aliphatic rings. The van der Waals surface area contributed by atoms with Crippen LogP contribution in [-0.4, -0.2) is 123 Å². The van der Waals surface area contributed by atoms with Crippen molar-refractivity contribution in [3.63, 3.8) is 0 Å². The maximum Gasteiger partial charge on any atom is 0.410 e. The summed E-state index contributed by atoms with van der Waals surface area (Å²) in [5, 5.41) is 11.4. The Bertz CT molecular complexity index is 1820. The molecule has 2 saturated heterocycles. The highest BCUT2D eigenvalue weighted by atomic mass is 32.1. The number of ether oxygens (including phenoxy) is 5. The highest BCUT2D eigenvalue weighted by Crippen LogP contribution is 2.40. The van der Waals surface area contributed by atoms with Crippen molar-refractivity contribution in [2.24, 2.45) is 5.92 Å². The van der Waals surface area contributed by atoms with Gasteiger partial charge >= 0.3 is 6.09 Å². The second-order valence-electron chi connectivity index (χ2n) is 17.0. The lowest BCUT2D eigenvalue weighted by atomic mass is 9.83. The zero-order valence-corrected chi connectivity index (χ0v) is 36.5. The molecule has 13 nitrogen and oxygen atoms in total. The topological polar surface area (TPSA) is 141 Å². The number of carbonyl (C=O) groups is 3. The van der Waals surface area contributed by atoms with E-state index in [-0.39, 0.29) is 23.8 Å². The van der Waals surface area contributed by atoms with E-state index in [1.54, 1.807) is 46.1 Å². The molecule has 3 aromatic rings. The van der Waals surface area contributed by atoms with Gasteiger partial charge in [0.15, 0.2) is 0 Å². The van der Waals surface area contributed by atoms with Gasteiger partial charge in [-0.15, -0.1) is 11.3 Å².